The van der Waals surface area contributed by atoms with E-state index in [0.29, 0.717) is 10.7 Å². The van der Waals surface area contributed by atoms with Crippen LogP contribution in [0, 0.1) is 6.92 Å². The molecule has 0 bridgehead atoms. The lowest BCUT2D eigenvalue weighted by Crippen LogP contribution is -3.14. The normalized spacial score (nSPS) is 16.1. The fourth-order valence-electron chi connectivity index (χ4n) is 3.63. The van der Waals surface area contributed by atoms with Gasteiger partial charge in [0.05, 0.1) is 35.5 Å². The first-order valence-electron chi connectivity index (χ1n) is 9.74. The molecular weight excluding hydrogens is 374 g/mol. The summed E-state index contributed by atoms with van der Waals surface area (Å²) in [5.74, 6) is 0. The SMILES string of the molecule is CC(=NCCC[NH+]1CCOCC1)c1c(C)[nH]n(-c2nc3ccccc3s2)c1=O. The van der Waals surface area contributed by atoms with E-state index < -0.39 is 0 Å². The van der Waals surface area contributed by atoms with E-state index in [-0.39, 0.29) is 5.56 Å². The summed E-state index contributed by atoms with van der Waals surface area (Å²) in [5.41, 5.74) is 3.08. The highest BCUT2D eigenvalue weighted by Crippen LogP contribution is 2.23. The predicted molar refractivity (Wildman–Crippen MR) is 112 cm³/mol. The molecule has 1 aliphatic heterocycles. The maximum atomic E-state index is 13.0. The minimum Gasteiger partial charge on any atom is -0.370 e. The molecule has 7 nitrogen and oxygen atoms in total. The lowest BCUT2D eigenvalue weighted by atomic mass is 10.2. The second kappa shape index (κ2) is 8.38. The van der Waals surface area contributed by atoms with E-state index in [1.54, 1.807) is 4.90 Å². The molecule has 0 atom stereocenters. The van der Waals surface area contributed by atoms with Crippen molar-refractivity contribution in [3.05, 3.63) is 45.9 Å². The highest BCUT2D eigenvalue weighted by atomic mass is 32.1. The molecule has 0 spiro atoms. The highest BCUT2D eigenvalue weighted by molar-refractivity contribution is 7.20. The first-order chi connectivity index (χ1) is 13.6. The predicted octanol–water partition coefficient (Wildman–Crippen LogP) is 1.20. The summed E-state index contributed by atoms with van der Waals surface area (Å²) in [5, 5.41) is 3.82. The van der Waals surface area contributed by atoms with E-state index in [0.717, 1.165) is 67.4 Å². The molecule has 28 heavy (non-hydrogen) atoms. The van der Waals surface area contributed by atoms with Crippen LogP contribution >= 0.6 is 11.3 Å². The number of thiazole rings is 1. The van der Waals surface area contributed by atoms with Gasteiger partial charge in [-0.15, -0.1) is 0 Å². The third-order valence-corrected chi connectivity index (χ3v) is 6.17. The van der Waals surface area contributed by atoms with Crippen molar-refractivity contribution in [3.8, 4) is 5.13 Å². The number of aromatic amines is 1. The van der Waals surface area contributed by atoms with Gasteiger partial charge in [0.2, 0.25) is 5.13 Å². The third-order valence-electron chi connectivity index (χ3n) is 5.14. The second-order valence-electron chi connectivity index (χ2n) is 7.15. The van der Waals surface area contributed by atoms with Crippen LogP contribution in [0.4, 0.5) is 0 Å². The van der Waals surface area contributed by atoms with Crippen molar-refractivity contribution in [1.82, 2.24) is 14.8 Å². The zero-order valence-corrected chi connectivity index (χ0v) is 17.1. The van der Waals surface area contributed by atoms with Crippen molar-refractivity contribution >= 4 is 27.3 Å². The Bertz CT molecular complexity index is 1010. The fourth-order valence-corrected chi connectivity index (χ4v) is 4.55. The van der Waals surface area contributed by atoms with Gasteiger partial charge >= 0.3 is 0 Å². The van der Waals surface area contributed by atoms with E-state index in [9.17, 15) is 4.79 Å². The van der Waals surface area contributed by atoms with Gasteiger partial charge in [-0.3, -0.25) is 14.9 Å². The van der Waals surface area contributed by atoms with Crippen LogP contribution in [0.1, 0.15) is 24.6 Å². The number of quaternary nitrogens is 1. The van der Waals surface area contributed by atoms with Gasteiger partial charge in [-0.1, -0.05) is 23.5 Å². The maximum absolute atomic E-state index is 13.0. The smallest absolute Gasteiger partial charge is 0.282 e. The largest absolute Gasteiger partial charge is 0.370 e. The van der Waals surface area contributed by atoms with Crippen molar-refractivity contribution in [1.29, 1.82) is 0 Å². The van der Waals surface area contributed by atoms with E-state index in [1.807, 2.05) is 38.1 Å². The second-order valence-corrected chi connectivity index (χ2v) is 8.16. The number of aryl methyl sites for hydroxylation is 1. The van der Waals surface area contributed by atoms with Crippen molar-refractivity contribution < 1.29 is 9.64 Å². The average Bonchev–Trinajstić information content (AvgIpc) is 3.26. The lowest BCUT2D eigenvalue weighted by Gasteiger charge is -2.23. The summed E-state index contributed by atoms with van der Waals surface area (Å²) < 4.78 is 7.99. The molecule has 1 fully saturated rings. The van der Waals surface area contributed by atoms with Gasteiger partial charge in [0, 0.05) is 24.4 Å². The Labute approximate surface area is 167 Å². The Morgan fingerprint density at radius 1 is 1.36 bits per heavy atom. The number of rotatable bonds is 6. The number of para-hydroxylation sites is 1. The number of aromatic nitrogens is 3. The summed E-state index contributed by atoms with van der Waals surface area (Å²) in [4.78, 5) is 23.8. The molecule has 1 aromatic carbocycles. The molecule has 3 heterocycles. The summed E-state index contributed by atoms with van der Waals surface area (Å²) >= 11 is 1.50. The number of morpholine rings is 1. The van der Waals surface area contributed by atoms with Crippen LogP contribution in [-0.2, 0) is 4.74 Å². The van der Waals surface area contributed by atoms with E-state index >= 15 is 0 Å². The monoisotopic (exact) mass is 400 g/mol. The molecule has 2 aromatic heterocycles. The van der Waals surface area contributed by atoms with E-state index in [4.69, 9.17) is 4.74 Å². The van der Waals surface area contributed by atoms with Gasteiger partial charge < -0.3 is 9.64 Å². The molecule has 4 rings (SSSR count). The van der Waals surface area contributed by atoms with Crippen LogP contribution in [0.3, 0.4) is 0 Å². The number of hydrogen-bond acceptors (Lipinski definition) is 5. The number of nitrogens with zero attached hydrogens (tertiary/aromatic N) is 3. The number of hydrogen-bond donors (Lipinski definition) is 2. The minimum absolute atomic E-state index is 0.0865. The molecule has 0 unspecified atom stereocenters. The maximum Gasteiger partial charge on any atom is 0.282 e. The van der Waals surface area contributed by atoms with Crippen LogP contribution in [0.2, 0.25) is 0 Å². The first-order valence-corrected chi connectivity index (χ1v) is 10.6. The number of aliphatic imine (C=N–C) groups is 1. The van der Waals surface area contributed by atoms with Crippen molar-refractivity contribution in [2.75, 3.05) is 39.4 Å². The Kier molecular flexibility index (Phi) is 5.70. The van der Waals surface area contributed by atoms with Crippen molar-refractivity contribution in [3.63, 3.8) is 0 Å². The summed E-state index contributed by atoms with van der Waals surface area (Å²) in [7, 11) is 0. The number of H-pyrrole nitrogens is 1. The molecular formula is C20H26N5O2S+. The highest BCUT2D eigenvalue weighted by Gasteiger charge is 2.17. The molecule has 0 saturated carbocycles. The third kappa shape index (κ3) is 3.94. The first kappa shape index (κ1) is 19.0. The topological polar surface area (TPSA) is 76.7 Å². The average molecular weight is 401 g/mol. The molecule has 0 aliphatic carbocycles. The molecule has 0 amide bonds. The van der Waals surface area contributed by atoms with Crippen LogP contribution in [0.15, 0.2) is 34.1 Å². The minimum atomic E-state index is -0.0865. The zero-order valence-electron chi connectivity index (χ0n) is 16.3. The van der Waals surface area contributed by atoms with Crippen molar-refractivity contribution in [2.45, 2.75) is 20.3 Å². The molecule has 148 valence electrons. The number of benzene rings is 1. The summed E-state index contributed by atoms with van der Waals surface area (Å²) in [6, 6.07) is 7.91. The van der Waals surface area contributed by atoms with Gasteiger partial charge in [-0.25, -0.2) is 4.98 Å². The van der Waals surface area contributed by atoms with Gasteiger partial charge in [-0.2, -0.15) is 4.68 Å². The molecule has 2 N–H and O–H groups in total. The molecule has 1 saturated heterocycles. The molecule has 8 heteroatoms. The Morgan fingerprint density at radius 2 is 2.14 bits per heavy atom. The number of ether oxygens (including phenoxy) is 1. The van der Waals surface area contributed by atoms with Gasteiger partial charge in [0.15, 0.2) is 0 Å². The van der Waals surface area contributed by atoms with Gasteiger partial charge in [0.1, 0.15) is 13.1 Å². The summed E-state index contributed by atoms with van der Waals surface area (Å²) in [6.07, 6.45) is 1.02. The Hall–Kier alpha value is -2.29. The van der Waals surface area contributed by atoms with Crippen LogP contribution in [0.25, 0.3) is 15.3 Å². The molecule has 3 aromatic rings. The fraction of sp³-hybridized carbons (Fsp3) is 0.450. The quantitative estimate of drug-likeness (QED) is 0.482. The van der Waals surface area contributed by atoms with Gasteiger partial charge in [0.25, 0.3) is 5.56 Å². The number of fused-ring (bicyclic) bond motifs is 1. The van der Waals surface area contributed by atoms with E-state index in [1.165, 1.54) is 16.0 Å². The molecule has 1 aliphatic rings. The number of nitrogens with one attached hydrogen (secondary N) is 2. The summed E-state index contributed by atoms with van der Waals surface area (Å²) in [6.45, 7) is 9.53. The van der Waals surface area contributed by atoms with Crippen molar-refractivity contribution in [2.24, 2.45) is 4.99 Å². The lowest BCUT2D eigenvalue weighted by molar-refractivity contribution is -0.908. The van der Waals surface area contributed by atoms with Gasteiger partial charge in [-0.05, 0) is 26.0 Å². The van der Waals surface area contributed by atoms with Crippen LogP contribution in [0.5, 0.6) is 0 Å². The Balaban J connectivity index is 1.49. The van der Waals surface area contributed by atoms with Crippen LogP contribution < -0.4 is 10.5 Å². The Morgan fingerprint density at radius 3 is 2.93 bits per heavy atom. The zero-order chi connectivity index (χ0) is 19.5. The van der Waals surface area contributed by atoms with E-state index in [2.05, 4.69) is 15.1 Å². The molecule has 0 radical (unpaired) electrons. The van der Waals surface area contributed by atoms with Crippen LogP contribution in [-0.4, -0.2) is 59.9 Å². The standard InChI is InChI=1S/C20H25N5O2S/c1-14(21-8-5-9-24-10-12-27-13-11-24)18-15(2)23-25(19(18)26)20-22-16-6-3-4-7-17(16)28-20/h3-4,6-7,23H,5,8-13H2,1-2H3/p+1.